The summed E-state index contributed by atoms with van der Waals surface area (Å²) in [7, 11) is 0. The molecule has 2 aliphatic heterocycles. The molecule has 0 radical (unpaired) electrons. The smallest absolute Gasteiger partial charge is 0.433 e. The van der Waals surface area contributed by atoms with Crippen LogP contribution in [0.4, 0.5) is 24.9 Å². The van der Waals surface area contributed by atoms with E-state index in [1.807, 2.05) is 23.1 Å². The standard InChI is InChI=1S/C22H26F3N5O2S/c1-13-7-14(2)12-30(11-13)19-9-18(22(23,24)25)27-20(28-19)29-21(33)26-10-15-3-4-16-17(8-15)32-6-5-31-16/h3-4,8-9,13-14H,5-7,10-12H2,1-2H3,(H2,26,27,28,29,33)/t13-,14-/m0/s1. The number of ether oxygens (including phenoxy) is 2. The van der Waals surface area contributed by atoms with Gasteiger partial charge in [-0.05, 0) is 48.2 Å². The molecular formula is C22H26F3N5O2S. The number of nitrogens with one attached hydrogen (secondary N) is 2. The number of fused-ring (bicyclic) bond motifs is 1. The minimum absolute atomic E-state index is 0.121. The predicted molar refractivity (Wildman–Crippen MR) is 123 cm³/mol. The van der Waals surface area contributed by atoms with Crippen molar-refractivity contribution in [3.63, 3.8) is 0 Å². The highest BCUT2D eigenvalue weighted by molar-refractivity contribution is 7.80. The summed E-state index contributed by atoms with van der Waals surface area (Å²) < 4.78 is 51.6. The summed E-state index contributed by atoms with van der Waals surface area (Å²) >= 11 is 5.28. The zero-order valence-corrected chi connectivity index (χ0v) is 19.2. The number of thiocarbonyl (C=S) groups is 1. The van der Waals surface area contributed by atoms with Gasteiger partial charge < -0.3 is 25.0 Å². The lowest BCUT2D eigenvalue weighted by Crippen LogP contribution is -2.39. The van der Waals surface area contributed by atoms with Crippen LogP contribution in [-0.4, -0.2) is 41.4 Å². The summed E-state index contributed by atoms with van der Waals surface area (Å²) in [5.41, 5.74) is -0.124. The van der Waals surface area contributed by atoms with Crippen LogP contribution in [0, 0.1) is 11.8 Å². The lowest BCUT2D eigenvalue weighted by molar-refractivity contribution is -0.141. The van der Waals surface area contributed by atoms with Gasteiger partial charge in [0.1, 0.15) is 19.0 Å². The van der Waals surface area contributed by atoms with Gasteiger partial charge in [0, 0.05) is 25.7 Å². The highest BCUT2D eigenvalue weighted by atomic mass is 32.1. The summed E-state index contributed by atoms with van der Waals surface area (Å²) in [6.45, 7) is 6.79. The van der Waals surface area contributed by atoms with E-state index in [0.29, 0.717) is 56.2 Å². The van der Waals surface area contributed by atoms with Crippen LogP contribution in [-0.2, 0) is 12.7 Å². The summed E-state index contributed by atoms with van der Waals surface area (Å²) in [6.07, 6.45) is -3.56. The van der Waals surface area contributed by atoms with Crippen LogP contribution in [0.5, 0.6) is 11.5 Å². The fourth-order valence-electron chi connectivity index (χ4n) is 4.17. The lowest BCUT2D eigenvalue weighted by Gasteiger charge is -2.36. The van der Waals surface area contributed by atoms with Crippen molar-refractivity contribution in [1.29, 1.82) is 0 Å². The topological polar surface area (TPSA) is 71.5 Å². The van der Waals surface area contributed by atoms with Gasteiger partial charge in [-0.2, -0.15) is 18.2 Å². The van der Waals surface area contributed by atoms with Gasteiger partial charge in [-0.25, -0.2) is 4.98 Å². The van der Waals surface area contributed by atoms with E-state index < -0.39 is 11.9 Å². The molecule has 0 spiro atoms. The summed E-state index contributed by atoms with van der Waals surface area (Å²) in [4.78, 5) is 9.87. The summed E-state index contributed by atoms with van der Waals surface area (Å²) in [6, 6.07) is 6.51. The first-order valence-electron chi connectivity index (χ1n) is 10.8. The van der Waals surface area contributed by atoms with Gasteiger partial charge in [0.05, 0.1) is 0 Å². The van der Waals surface area contributed by atoms with Gasteiger partial charge in [-0.3, -0.25) is 0 Å². The average Bonchev–Trinajstić information content (AvgIpc) is 2.76. The highest BCUT2D eigenvalue weighted by Gasteiger charge is 2.35. The fraction of sp³-hybridized carbons (Fsp3) is 0.500. The van der Waals surface area contributed by atoms with Gasteiger partial charge in [-0.15, -0.1) is 0 Å². The van der Waals surface area contributed by atoms with Crippen molar-refractivity contribution in [2.45, 2.75) is 33.0 Å². The molecular weight excluding hydrogens is 455 g/mol. The Balaban J connectivity index is 1.46. The van der Waals surface area contributed by atoms with E-state index >= 15 is 0 Å². The van der Waals surface area contributed by atoms with E-state index in [4.69, 9.17) is 21.7 Å². The molecule has 2 atom stereocenters. The van der Waals surface area contributed by atoms with Crippen molar-refractivity contribution in [1.82, 2.24) is 15.3 Å². The zero-order chi connectivity index (χ0) is 23.6. The van der Waals surface area contributed by atoms with Crippen molar-refractivity contribution in [2.75, 3.05) is 36.5 Å². The normalized spacial score (nSPS) is 20.3. The number of hydrogen-bond donors (Lipinski definition) is 2. The van der Waals surface area contributed by atoms with Crippen molar-refractivity contribution >= 4 is 29.1 Å². The lowest BCUT2D eigenvalue weighted by atomic mass is 9.92. The largest absolute Gasteiger partial charge is 0.486 e. The van der Waals surface area contributed by atoms with Gasteiger partial charge in [0.15, 0.2) is 22.3 Å². The Kier molecular flexibility index (Phi) is 6.78. The van der Waals surface area contributed by atoms with Crippen molar-refractivity contribution in [3.05, 3.63) is 35.5 Å². The molecule has 4 rings (SSSR count). The fourth-order valence-corrected chi connectivity index (χ4v) is 4.34. The van der Waals surface area contributed by atoms with Crippen LogP contribution >= 0.6 is 12.2 Å². The first-order valence-corrected chi connectivity index (χ1v) is 11.2. The molecule has 0 aliphatic carbocycles. The predicted octanol–water partition coefficient (Wildman–Crippen LogP) is 4.24. The number of aromatic nitrogens is 2. The number of piperidine rings is 1. The third-order valence-electron chi connectivity index (χ3n) is 5.48. The second-order valence-electron chi connectivity index (χ2n) is 8.57. The van der Waals surface area contributed by atoms with E-state index in [1.54, 1.807) is 0 Å². The van der Waals surface area contributed by atoms with E-state index in [9.17, 15) is 13.2 Å². The number of anilines is 2. The third kappa shape index (κ3) is 5.95. The molecule has 2 aliphatic rings. The SMILES string of the molecule is C[C@H]1C[C@H](C)CN(c2cc(C(F)(F)F)nc(NC(=S)NCc3ccc4c(c3)OCCO4)n2)C1. The van der Waals surface area contributed by atoms with Crippen LogP contribution in [0.2, 0.25) is 0 Å². The second-order valence-corrected chi connectivity index (χ2v) is 8.98. The number of alkyl halides is 3. The first-order chi connectivity index (χ1) is 15.7. The van der Waals surface area contributed by atoms with Crippen molar-refractivity contribution < 1.29 is 22.6 Å². The first kappa shape index (κ1) is 23.3. The van der Waals surface area contributed by atoms with E-state index in [-0.39, 0.29) is 16.9 Å². The van der Waals surface area contributed by atoms with Gasteiger partial charge >= 0.3 is 6.18 Å². The van der Waals surface area contributed by atoms with Crippen LogP contribution in [0.1, 0.15) is 31.5 Å². The molecule has 11 heteroatoms. The maximum absolute atomic E-state index is 13.5. The molecule has 2 N–H and O–H groups in total. The monoisotopic (exact) mass is 481 g/mol. The highest BCUT2D eigenvalue weighted by Crippen LogP contribution is 2.33. The maximum Gasteiger partial charge on any atom is 0.433 e. The molecule has 0 unspecified atom stereocenters. The Hall–Kier alpha value is -2.82. The molecule has 0 amide bonds. The van der Waals surface area contributed by atoms with Gasteiger partial charge in [0.25, 0.3) is 0 Å². The molecule has 178 valence electrons. The molecule has 1 aromatic heterocycles. The molecule has 0 saturated carbocycles. The molecule has 33 heavy (non-hydrogen) atoms. The number of nitrogens with zero attached hydrogens (tertiary/aromatic N) is 3. The van der Waals surface area contributed by atoms with Crippen LogP contribution < -0.4 is 25.0 Å². The molecule has 1 fully saturated rings. The Labute approximate surface area is 195 Å². The van der Waals surface area contributed by atoms with E-state index in [1.165, 1.54) is 0 Å². The van der Waals surface area contributed by atoms with Crippen LogP contribution in [0.25, 0.3) is 0 Å². The molecule has 7 nitrogen and oxygen atoms in total. The molecule has 3 heterocycles. The van der Waals surface area contributed by atoms with Crippen molar-refractivity contribution in [3.8, 4) is 11.5 Å². The summed E-state index contributed by atoms with van der Waals surface area (Å²) in [5.74, 6) is 2.11. The average molecular weight is 482 g/mol. The number of benzene rings is 1. The van der Waals surface area contributed by atoms with E-state index in [2.05, 4.69) is 34.4 Å². The van der Waals surface area contributed by atoms with Gasteiger partial charge in [0.2, 0.25) is 5.95 Å². The van der Waals surface area contributed by atoms with Crippen LogP contribution in [0.15, 0.2) is 24.3 Å². The summed E-state index contributed by atoms with van der Waals surface area (Å²) in [5, 5.41) is 5.80. The quantitative estimate of drug-likeness (QED) is 0.629. The number of hydrogen-bond acceptors (Lipinski definition) is 6. The molecule has 0 bridgehead atoms. The van der Waals surface area contributed by atoms with E-state index in [0.717, 1.165) is 18.1 Å². The second kappa shape index (κ2) is 9.58. The Morgan fingerprint density at radius 1 is 1.09 bits per heavy atom. The van der Waals surface area contributed by atoms with Crippen LogP contribution in [0.3, 0.4) is 0 Å². The maximum atomic E-state index is 13.5. The minimum Gasteiger partial charge on any atom is -0.486 e. The van der Waals surface area contributed by atoms with Crippen molar-refractivity contribution in [2.24, 2.45) is 11.8 Å². The number of rotatable bonds is 4. The zero-order valence-electron chi connectivity index (χ0n) is 18.4. The number of halogens is 3. The molecule has 1 saturated heterocycles. The molecule has 2 aromatic rings. The third-order valence-corrected chi connectivity index (χ3v) is 5.73. The Bertz CT molecular complexity index is 1010. The van der Waals surface area contributed by atoms with Gasteiger partial charge in [-0.1, -0.05) is 19.9 Å². The molecule has 1 aromatic carbocycles. The Morgan fingerprint density at radius 2 is 1.79 bits per heavy atom. The minimum atomic E-state index is -4.60. The Morgan fingerprint density at radius 3 is 2.48 bits per heavy atom.